The second-order valence-corrected chi connectivity index (χ2v) is 7.88. The predicted octanol–water partition coefficient (Wildman–Crippen LogP) is 2.91. The van der Waals surface area contributed by atoms with Crippen molar-refractivity contribution >= 4 is 23.1 Å². The Hall–Kier alpha value is -4.45. The fourth-order valence-electron chi connectivity index (χ4n) is 4.88. The molecule has 1 spiro atoms. The monoisotopic (exact) mass is 428 g/mol. The molecule has 1 aliphatic carbocycles. The molecule has 32 heavy (non-hydrogen) atoms. The number of benzene rings is 2. The molecule has 1 amide bonds. The molecule has 3 aliphatic rings. The Labute approximate surface area is 181 Å². The van der Waals surface area contributed by atoms with Crippen LogP contribution in [0.25, 0.3) is 0 Å². The zero-order chi connectivity index (χ0) is 22.6. The Morgan fingerprint density at radius 1 is 1.19 bits per heavy atom. The second kappa shape index (κ2) is 6.78. The van der Waals surface area contributed by atoms with Gasteiger partial charge in [0, 0.05) is 36.2 Å². The van der Waals surface area contributed by atoms with Crippen LogP contribution >= 0.6 is 0 Å². The standard InChI is InChI=1S/C23H16N4O5/c24-11-16-21(25)32-19-9-13(12-4-2-1-3-5-12)8-18(28)20(19)23(16)15-10-14(27(30)31)6-7-17(15)26-22(23)29/h1-7,10,13H,8-9,25H2,(H,26,29)/t13-,23+/m0/s1. The van der Waals surface area contributed by atoms with Gasteiger partial charge >= 0.3 is 0 Å². The number of ketones is 1. The number of amides is 1. The molecule has 0 aromatic heterocycles. The van der Waals surface area contributed by atoms with Crippen molar-refractivity contribution in [3.05, 3.63) is 92.6 Å². The number of hydrogen-bond acceptors (Lipinski definition) is 7. The van der Waals surface area contributed by atoms with Crippen LogP contribution in [0.5, 0.6) is 0 Å². The van der Waals surface area contributed by atoms with Crippen molar-refractivity contribution in [2.75, 3.05) is 5.32 Å². The van der Waals surface area contributed by atoms with E-state index in [1.54, 1.807) is 0 Å². The van der Waals surface area contributed by atoms with E-state index in [0.717, 1.165) is 5.56 Å². The summed E-state index contributed by atoms with van der Waals surface area (Å²) in [6.45, 7) is 0. The van der Waals surface area contributed by atoms with Crippen LogP contribution in [-0.4, -0.2) is 16.6 Å². The topological polar surface area (TPSA) is 148 Å². The van der Waals surface area contributed by atoms with Crippen molar-refractivity contribution in [1.82, 2.24) is 0 Å². The highest BCUT2D eigenvalue weighted by molar-refractivity contribution is 6.19. The molecule has 2 aliphatic heterocycles. The van der Waals surface area contributed by atoms with Gasteiger partial charge in [-0.2, -0.15) is 5.26 Å². The van der Waals surface area contributed by atoms with E-state index < -0.39 is 16.2 Å². The molecule has 2 aromatic carbocycles. The van der Waals surface area contributed by atoms with Gasteiger partial charge in [-0.05, 0) is 17.5 Å². The number of anilines is 1. The lowest BCUT2D eigenvalue weighted by molar-refractivity contribution is -0.384. The van der Waals surface area contributed by atoms with Gasteiger partial charge in [-0.1, -0.05) is 30.3 Å². The maximum absolute atomic E-state index is 13.5. The molecule has 0 saturated carbocycles. The van der Waals surface area contributed by atoms with Crippen molar-refractivity contribution in [3.8, 4) is 6.07 Å². The number of Topliss-reactive ketones (excluding diaryl/α,β-unsaturated/α-hetero) is 1. The Morgan fingerprint density at radius 3 is 2.62 bits per heavy atom. The smallest absolute Gasteiger partial charge is 0.269 e. The summed E-state index contributed by atoms with van der Waals surface area (Å²) in [6, 6.07) is 15.2. The fraction of sp³-hybridized carbons (Fsp3) is 0.174. The van der Waals surface area contributed by atoms with Gasteiger partial charge in [-0.15, -0.1) is 0 Å². The number of non-ortho nitro benzene ring substituents is 1. The molecular weight excluding hydrogens is 412 g/mol. The van der Waals surface area contributed by atoms with E-state index in [9.17, 15) is 25.0 Å². The Balaban J connectivity index is 1.76. The fourth-order valence-corrected chi connectivity index (χ4v) is 4.88. The summed E-state index contributed by atoms with van der Waals surface area (Å²) in [5.74, 6) is -1.29. The summed E-state index contributed by atoms with van der Waals surface area (Å²) < 4.78 is 5.72. The van der Waals surface area contributed by atoms with E-state index in [2.05, 4.69) is 5.32 Å². The van der Waals surface area contributed by atoms with E-state index in [1.165, 1.54) is 18.2 Å². The Bertz CT molecular complexity index is 1320. The predicted molar refractivity (Wildman–Crippen MR) is 112 cm³/mol. The van der Waals surface area contributed by atoms with Crippen LogP contribution in [0, 0.1) is 21.4 Å². The maximum atomic E-state index is 13.5. The van der Waals surface area contributed by atoms with Gasteiger partial charge in [-0.3, -0.25) is 19.7 Å². The maximum Gasteiger partial charge on any atom is 0.269 e. The largest absolute Gasteiger partial charge is 0.444 e. The van der Waals surface area contributed by atoms with E-state index in [-0.39, 0.29) is 57.8 Å². The van der Waals surface area contributed by atoms with Crippen molar-refractivity contribution in [2.24, 2.45) is 5.73 Å². The lowest BCUT2D eigenvalue weighted by atomic mass is 9.63. The molecule has 5 rings (SSSR count). The summed E-state index contributed by atoms with van der Waals surface area (Å²) in [7, 11) is 0. The van der Waals surface area contributed by atoms with Gasteiger partial charge < -0.3 is 15.8 Å². The highest BCUT2D eigenvalue weighted by atomic mass is 16.6. The molecule has 2 aromatic rings. The number of nitriles is 1. The zero-order valence-electron chi connectivity index (χ0n) is 16.6. The number of fused-ring (bicyclic) bond motifs is 3. The van der Waals surface area contributed by atoms with E-state index in [4.69, 9.17) is 10.5 Å². The lowest BCUT2D eigenvalue weighted by Crippen LogP contribution is -2.47. The highest BCUT2D eigenvalue weighted by Gasteiger charge is 2.60. The zero-order valence-corrected chi connectivity index (χ0v) is 16.6. The van der Waals surface area contributed by atoms with Crippen LogP contribution in [0.4, 0.5) is 11.4 Å². The van der Waals surface area contributed by atoms with Gasteiger partial charge in [0.05, 0.1) is 10.5 Å². The highest BCUT2D eigenvalue weighted by Crippen LogP contribution is 2.55. The van der Waals surface area contributed by atoms with Crippen LogP contribution in [0.2, 0.25) is 0 Å². The van der Waals surface area contributed by atoms with E-state index in [1.807, 2.05) is 36.4 Å². The first-order chi connectivity index (χ1) is 15.4. The molecule has 0 saturated heterocycles. The number of carbonyl (C=O) groups excluding carboxylic acids is 2. The van der Waals surface area contributed by atoms with Crippen LogP contribution in [0.1, 0.15) is 29.9 Å². The number of nitrogens with two attached hydrogens (primary N) is 1. The molecule has 0 bridgehead atoms. The first-order valence-electron chi connectivity index (χ1n) is 9.88. The minimum absolute atomic E-state index is 0.0205. The molecule has 9 heteroatoms. The third kappa shape index (κ3) is 2.50. The average molecular weight is 428 g/mol. The average Bonchev–Trinajstić information content (AvgIpc) is 3.05. The number of hydrogen-bond donors (Lipinski definition) is 2. The number of nitrogens with zero attached hydrogens (tertiary/aromatic N) is 2. The molecule has 2 atom stereocenters. The number of nitro benzene ring substituents is 1. The number of rotatable bonds is 2. The third-order valence-electron chi connectivity index (χ3n) is 6.24. The SMILES string of the molecule is N#CC1=C(N)OC2=C(C(=O)C[C@H](c3ccccc3)C2)[C@]12C(=O)Nc1ccc([N+](=O)[O-])cc12. The Kier molecular flexibility index (Phi) is 4.14. The minimum Gasteiger partial charge on any atom is -0.444 e. The van der Waals surface area contributed by atoms with Crippen molar-refractivity contribution in [3.63, 3.8) is 0 Å². The summed E-state index contributed by atoms with van der Waals surface area (Å²) in [4.78, 5) is 37.7. The molecule has 3 N–H and O–H groups in total. The molecular formula is C23H16N4O5. The third-order valence-corrected chi connectivity index (χ3v) is 6.24. The van der Waals surface area contributed by atoms with Crippen molar-refractivity contribution < 1.29 is 19.2 Å². The van der Waals surface area contributed by atoms with Crippen LogP contribution in [0.15, 0.2) is 71.3 Å². The number of ether oxygens (including phenoxy) is 1. The number of nitrogens with one attached hydrogen (secondary N) is 1. The summed E-state index contributed by atoms with van der Waals surface area (Å²) in [6.07, 6.45) is 0.397. The van der Waals surface area contributed by atoms with Crippen LogP contribution in [0.3, 0.4) is 0 Å². The van der Waals surface area contributed by atoms with Crippen LogP contribution in [-0.2, 0) is 19.7 Å². The quantitative estimate of drug-likeness (QED) is 0.552. The summed E-state index contributed by atoms with van der Waals surface area (Å²) in [5, 5.41) is 24.0. The van der Waals surface area contributed by atoms with E-state index >= 15 is 0 Å². The lowest BCUT2D eigenvalue weighted by Gasteiger charge is -2.38. The molecule has 0 radical (unpaired) electrons. The van der Waals surface area contributed by atoms with Gasteiger partial charge in [-0.25, -0.2) is 0 Å². The molecule has 9 nitrogen and oxygen atoms in total. The first-order valence-corrected chi connectivity index (χ1v) is 9.88. The first kappa shape index (κ1) is 19.5. The van der Waals surface area contributed by atoms with Crippen molar-refractivity contribution in [2.45, 2.75) is 24.2 Å². The second-order valence-electron chi connectivity index (χ2n) is 7.88. The van der Waals surface area contributed by atoms with Gasteiger partial charge in [0.2, 0.25) is 11.8 Å². The molecule has 158 valence electrons. The van der Waals surface area contributed by atoms with Gasteiger partial charge in [0.25, 0.3) is 5.69 Å². The van der Waals surface area contributed by atoms with E-state index in [0.29, 0.717) is 6.42 Å². The number of nitro groups is 1. The minimum atomic E-state index is -1.88. The van der Waals surface area contributed by atoms with Gasteiger partial charge in [0.1, 0.15) is 22.8 Å². The molecule has 0 unspecified atom stereocenters. The van der Waals surface area contributed by atoms with Gasteiger partial charge in [0.15, 0.2) is 5.78 Å². The van der Waals surface area contributed by atoms with Crippen LogP contribution < -0.4 is 11.1 Å². The number of allylic oxidation sites excluding steroid dienone is 1. The van der Waals surface area contributed by atoms with Crippen molar-refractivity contribution in [1.29, 1.82) is 5.26 Å². The summed E-state index contributed by atoms with van der Waals surface area (Å²) >= 11 is 0. The molecule has 0 fully saturated rings. The Morgan fingerprint density at radius 2 is 1.94 bits per heavy atom. The summed E-state index contributed by atoms with van der Waals surface area (Å²) in [5.41, 5.74) is 5.06. The molecule has 2 heterocycles. The number of carbonyl (C=O) groups is 2. The normalized spacial score (nSPS) is 23.9.